The summed E-state index contributed by atoms with van der Waals surface area (Å²) in [6.45, 7) is 3.98. The molecule has 0 bridgehead atoms. The van der Waals surface area contributed by atoms with E-state index >= 15 is 0 Å². The maximum atomic E-state index is 12.7. The molecule has 1 rings (SSSR count). The van der Waals surface area contributed by atoms with E-state index in [2.05, 4.69) is 12.2 Å². The molecule has 0 heterocycles. The molecule has 1 N–H and O–H groups in total. The van der Waals surface area contributed by atoms with Crippen molar-refractivity contribution in [1.82, 2.24) is 5.32 Å². The molecule has 0 amide bonds. The first-order valence-electron chi connectivity index (χ1n) is 4.08. The van der Waals surface area contributed by atoms with Gasteiger partial charge >= 0.3 is 0 Å². The highest BCUT2D eigenvalue weighted by Gasteiger charge is 2.05. The Labute approximate surface area is 72.6 Å². The second-order valence-electron chi connectivity index (χ2n) is 3.01. The van der Waals surface area contributed by atoms with Crippen molar-refractivity contribution in [3.8, 4) is 0 Å². The van der Waals surface area contributed by atoms with Gasteiger partial charge in [0.05, 0.1) is 0 Å². The first kappa shape index (κ1) is 9.20. The number of halogens is 1. The van der Waals surface area contributed by atoms with Crippen molar-refractivity contribution in [2.24, 2.45) is 0 Å². The lowest BCUT2D eigenvalue weighted by atomic mass is 10.0. The minimum atomic E-state index is -0.167. The second kappa shape index (κ2) is 3.68. The average Bonchev–Trinajstić information content (AvgIpc) is 2.03. The summed E-state index contributed by atoms with van der Waals surface area (Å²) < 4.78 is 12.7. The van der Waals surface area contributed by atoms with Crippen LogP contribution in [0.4, 0.5) is 4.39 Å². The van der Waals surface area contributed by atoms with Crippen LogP contribution in [0, 0.1) is 12.7 Å². The molecule has 12 heavy (non-hydrogen) atoms. The summed E-state index contributed by atoms with van der Waals surface area (Å²) in [6.07, 6.45) is 0. The maximum Gasteiger partial charge on any atom is 0.123 e. The zero-order valence-electron chi connectivity index (χ0n) is 7.69. The zero-order valence-corrected chi connectivity index (χ0v) is 7.69. The Kier molecular flexibility index (Phi) is 2.82. The van der Waals surface area contributed by atoms with E-state index in [0.717, 1.165) is 11.1 Å². The van der Waals surface area contributed by atoms with Crippen molar-refractivity contribution in [3.63, 3.8) is 0 Å². The van der Waals surface area contributed by atoms with Gasteiger partial charge in [0.2, 0.25) is 0 Å². The molecule has 1 nitrogen and oxygen atoms in total. The molecular formula is C10H14FN. The highest BCUT2D eigenvalue weighted by molar-refractivity contribution is 5.28. The standard InChI is InChI=1S/C10H14FN/c1-7-6-9(11)4-5-10(7)8(2)12-3/h4-6,8,12H,1-3H3. The molecule has 0 saturated heterocycles. The van der Waals surface area contributed by atoms with Gasteiger partial charge in [-0.15, -0.1) is 0 Å². The van der Waals surface area contributed by atoms with Gasteiger partial charge in [-0.1, -0.05) is 6.07 Å². The Bertz CT molecular complexity index is 271. The topological polar surface area (TPSA) is 12.0 Å². The van der Waals surface area contributed by atoms with Crippen LogP contribution in [0.2, 0.25) is 0 Å². The molecule has 0 spiro atoms. The van der Waals surface area contributed by atoms with Gasteiger partial charge in [-0.25, -0.2) is 4.39 Å². The van der Waals surface area contributed by atoms with E-state index in [-0.39, 0.29) is 11.9 Å². The van der Waals surface area contributed by atoms with Gasteiger partial charge in [-0.05, 0) is 44.2 Å². The molecule has 66 valence electrons. The Morgan fingerprint density at radius 2 is 2.08 bits per heavy atom. The lowest BCUT2D eigenvalue weighted by Crippen LogP contribution is -2.13. The molecule has 1 unspecified atom stereocenters. The average molecular weight is 167 g/mol. The van der Waals surface area contributed by atoms with Crippen molar-refractivity contribution in [2.75, 3.05) is 7.05 Å². The van der Waals surface area contributed by atoms with Crippen LogP contribution in [-0.4, -0.2) is 7.05 Å². The Hall–Kier alpha value is -0.890. The minimum Gasteiger partial charge on any atom is -0.313 e. The van der Waals surface area contributed by atoms with Crippen molar-refractivity contribution >= 4 is 0 Å². The lowest BCUT2D eigenvalue weighted by Gasteiger charge is -2.13. The molecule has 0 aliphatic rings. The van der Waals surface area contributed by atoms with Crippen LogP contribution < -0.4 is 5.32 Å². The largest absolute Gasteiger partial charge is 0.313 e. The molecule has 0 aliphatic heterocycles. The fraction of sp³-hybridized carbons (Fsp3) is 0.400. The van der Waals surface area contributed by atoms with Crippen molar-refractivity contribution < 1.29 is 4.39 Å². The molecule has 1 aromatic carbocycles. The molecular weight excluding hydrogens is 153 g/mol. The van der Waals surface area contributed by atoms with E-state index in [9.17, 15) is 4.39 Å². The summed E-state index contributed by atoms with van der Waals surface area (Å²) in [7, 11) is 1.90. The highest BCUT2D eigenvalue weighted by atomic mass is 19.1. The fourth-order valence-corrected chi connectivity index (χ4v) is 1.28. The first-order chi connectivity index (χ1) is 5.65. The van der Waals surface area contributed by atoms with Gasteiger partial charge in [0.1, 0.15) is 5.82 Å². The van der Waals surface area contributed by atoms with E-state index in [1.165, 1.54) is 6.07 Å². The summed E-state index contributed by atoms with van der Waals surface area (Å²) in [5.41, 5.74) is 2.15. The summed E-state index contributed by atoms with van der Waals surface area (Å²) in [4.78, 5) is 0. The molecule has 0 radical (unpaired) electrons. The van der Waals surface area contributed by atoms with Gasteiger partial charge in [0.25, 0.3) is 0 Å². The first-order valence-corrected chi connectivity index (χ1v) is 4.08. The van der Waals surface area contributed by atoms with E-state index in [1.807, 2.05) is 20.0 Å². The van der Waals surface area contributed by atoms with Crippen LogP contribution in [0.3, 0.4) is 0 Å². The Morgan fingerprint density at radius 3 is 2.58 bits per heavy atom. The predicted molar refractivity (Wildman–Crippen MR) is 48.6 cm³/mol. The number of hydrogen-bond donors (Lipinski definition) is 1. The van der Waals surface area contributed by atoms with Gasteiger partial charge in [-0.2, -0.15) is 0 Å². The number of hydrogen-bond acceptors (Lipinski definition) is 1. The molecule has 2 heteroatoms. The fourth-order valence-electron chi connectivity index (χ4n) is 1.28. The third-order valence-corrected chi connectivity index (χ3v) is 2.13. The molecule has 0 aromatic heterocycles. The molecule has 0 fully saturated rings. The normalized spacial score (nSPS) is 13.0. The molecule has 0 aliphatic carbocycles. The van der Waals surface area contributed by atoms with Gasteiger partial charge in [0, 0.05) is 6.04 Å². The third kappa shape index (κ3) is 1.83. The van der Waals surface area contributed by atoms with E-state index in [0.29, 0.717) is 0 Å². The van der Waals surface area contributed by atoms with Crippen LogP contribution in [0.15, 0.2) is 18.2 Å². The third-order valence-electron chi connectivity index (χ3n) is 2.13. The Morgan fingerprint density at radius 1 is 1.42 bits per heavy atom. The van der Waals surface area contributed by atoms with Gasteiger partial charge < -0.3 is 5.32 Å². The number of rotatable bonds is 2. The van der Waals surface area contributed by atoms with Crippen LogP contribution in [0.25, 0.3) is 0 Å². The van der Waals surface area contributed by atoms with E-state index in [4.69, 9.17) is 0 Å². The summed E-state index contributed by atoms with van der Waals surface area (Å²) >= 11 is 0. The highest BCUT2D eigenvalue weighted by Crippen LogP contribution is 2.17. The van der Waals surface area contributed by atoms with Crippen molar-refractivity contribution in [3.05, 3.63) is 35.1 Å². The van der Waals surface area contributed by atoms with Gasteiger partial charge in [0.15, 0.2) is 0 Å². The molecule has 0 saturated carbocycles. The lowest BCUT2D eigenvalue weighted by molar-refractivity contribution is 0.615. The van der Waals surface area contributed by atoms with Crippen LogP contribution in [0.5, 0.6) is 0 Å². The summed E-state index contributed by atoms with van der Waals surface area (Å²) in [6, 6.07) is 5.16. The van der Waals surface area contributed by atoms with Crippen LogP contribution in [0.1, 0.15) is 24.1 Å². The SMILES string of the molecule is CNC(C)c1ccc(F)cc1C. The van der Waals surface area contributed by atoms with E-state index < -0.39 is 0 Å². The quantitative estimate of drug-likeness (QED) is 0.713. The smallest absolute Gasteiger partial charge is 0.123 e. The Balaban J connectivity index is 3.01. The summed E-state index contributed by atoms with van der Waals surface area (Å²) in [5.74, 6) is -0.167. The second-order valence-corrected chi connectivity index (χ2v) is 3.01. The molecule has 1 aromatic rings. The maximum absolute atomic E-state index is 12.7. The van der Waals surface area contributed by atoms with E-state index in [1.54, 1.807) is 6.07 Å². The van der Waals surface area contributed by atoms with Gasteiger partial charge in [-0.3, -0.25) is 0 Å². The minimum absolute atomic E-state index is 0.167. The monoisotopic (exact) mass is 167 g/mol. The summed E-state index contributed by atoms with van der Waals surface area (Å²) in [5, 5.41) is 3.12. The van der Waals surface area contributed by atoms with Crippen LogP contribution in [-0.2, 0) is 0 Å². The predicted octanol–water partition coefficient (Wildman–Crippen LogP) is 2.41. The number of nitrogens with one attached hydrogen (secondary N) is 1. The van der Waals surface area contributed by atoms with Crippen molar-refractivity contribution in [1.29, 1.82) is 0 Å². The zero-order chi connectivity index (χ0) is 9.14. The van der Waals surface area contributed by atoms with Crippen molar-refractivity contribution in [2.45, 2.75) is 19.9 Å². The number of aryl methyl sites for hydroxylation is 1. The number of benzene rings is 1. The van der Waals surface area contributed by atoms with Crippen LogP contribution >= 0.6 is 0 Å². The molecule has 1 atom stereocenters.